The standard InChI is InChI=1S/C11H6BrClFNO2/c12-7-2-1-6(14)5-8(7)15-11(16)9-3-4-10(13)17-9/h1-5H,(H,15,16). The highest BCUT2D eigenvalue weighted by Gasteiger charge is 2.12. The van der Waals surface area contributed by atoms with Crippen LogP contribution < -0.4 is 5.32 Å². The summed E-state index contributed by atoms with van der Waals surface area (Å²) >= 11 is 8.75. The molecule has 1 N–H and O–H groups in total. The van der Waals surface area contributed by atoms with Crippen LogP contribution in [0.25, 0.3) is 0 Å². The molecule has 17 heavy (non-hydrogen) atoms. The molecule has 2 rings (SSSR count). The SMILES string of the molecule is O=C(Nc1cc(F)ccc1Br)c1ccc(Cl)o1. The second-order valence-electron chi connectivity index (χ2n) is 3.18. The highest BCUT2D eigenvalue weighted by molar-refractivity contribution is 9.10. The Labute approximate surface area is 110 Å². The zero-order chi connectivity index (χ0) is 12.4. The average Bonchev–Trinajstić information content (AvgIpc) is 2.70. The first kappa shape index (κ1) is 12.1. The number of carbonyl (C=O) groups is 1. The summed E-state index contributed by atoms with van der Waals surface area (Å²) in [5.74, 6) is -0.879. The van der Waals surface area contributed by atoms with Crippen molar-refractivity contribution in [3.8, 4) is 0 Å². The van der Waals surface area contributed by atoms with Crippen LogP contribution in [0.15, 0.2) is 39.2 Å². The van der Waals surface area contributed by atoms with Crippen molar-refractivity contribution in [3.63, 3.8) is 0 Å². The molecular formula is C11H6BrClFNO2. The first-order chi connectivity index (χ1) is 8.06. The molecule has 0 aliphatic rings. The average molecular weight is 319 g/mol. The second-order valence-corrected chi connectivity index (χ2v) is 4.41. The predicted octanol–water partition coefficient (Wildman–Crippen LogP) is 4.09. The maximum Gasteiger partial charge on any atom is 0.291 e. The van der Waals surface area contributed by atoms with E-state index in [2.05, 4.69) is 21.2 Å². The van der Waals surface area contributed by atoms with Crippen molar-refractivity contribution in [2.45, 2.75) is 0 Å². The van der Waals surface area contributed by atoms with Crippen LogP contribution >= 0.6 is 27.5 Å². The Morgan fingerprint density at radius 3 is 2.76 bits per heavy atom. The van der Waals surface area contributed by atoms with E-state index in [-0.39, 0.29) is 11.0 Å². The van der Waals surface area contributed by atoms with Gasteiger partial charge in [0, 0.05) is 4.47 Å². The summed E-state index contributed by atoms with van der Waals surface area (Å²) in [7, 11) is 0. The minimum absolute atomic E-state index is 0.0613. The molecular weight excluding hydrogens is 312 g/mol. The van der Waals surface area contributed by atoms with E-state index in [9.17, 15) is 9.18 Å². The van der Waals surface area contributed by atoms with E-state index in [1.165, 1.54) is 30.3 Å². The number of benzene rings is 1. The summed E-state index contributed by atoms with van der Waals surface area (Å²) in [4.78, 5) is 11.7. The molecule has 3 nitrogen and oxygen atoms in total. The van der Waals surface area contributed by atoms with Gasteiger partial charge in [-0.15, -0.1) is 0 Å². The van der Waals surface area contributed by atoms with Crippen LogP contribution in [-0.4, -0.2) is 5.91 Å². The molecule has 0 radical (unpaired) electrons. The zero-order valence-corrected chi connectivity index (χ0v) is 10.7. The van der Waals surface area contributed by atoms with Gasteiger partial charge in [-0.1, -0.05) is 0 Å². The number of furan rings is 1. The van der Waals surface area contributed by atoms with Crippen LogP contribution in [0.4, 0.5) is 10.1 Å². The molecule has 1 aromatic heterocycles. The zero-order valence-electron chi connectivity index (χ0n) is 8.34. The Morgan fingerprint density at radius 2 is 2.12 bits per heavy atom. The minimum atomic E-state index is -0.497. The van der Waals surface area contributed by atoms with Crippen molar-refractivity contribution in [1.29, 1.82) is 0 Å². The highest BCUT2D eigenvalue weighted by atomic mass is 79.9. The van der Waals surface area contributed by atoms with Gasteiger partial charge in [0.15, 0.2) is 11.0 Å². The number of nitrogens with one attached hydrogen (secondary N) is 1. The molecule has 0 fully saturated rings. The number of hydrogen-bond donors (Lipinski definition) is 1. The Kier molecular flexibility index (Phi) is 3.49. The Morgan fingerprint density at radius 1 is 1.35 bits per heavy atom. The van der Waals surface area contributed by atoms with Crippen LogP contribution in [0.1, 0.15) is 10.6 Å². The molecule has 2 aromatic rings. The smallest absolute Gasteiger partial charge is 0.291 e. The van der Waals surface area contributed by atoms with Crippen molar-refractivity contribution in [1.82, 2.24) is 0 Å². The van der Waals surface area contributed by atoms with Crippen molar-refractivity contribution in [2.75, 3.05) is 5.32 Å². The molecule has 0 unspecified atom stereocenters. The van der Waals surface area contributed by atoms with Gasteiger partial charge in [0.05, 0.1) is 5.69 Å². The maximum atomic E-state index is 13.0. The van der Waals surface area contributed by atoms with Crippen molar-refractivity contribution >= 4 is 39.1 Å². The summed E-state index contributed by atoms with van der Waals surface area (Å²) in [5.41, 5.74) is 0.322. The quantitative estimate of drug-likeness (QED) is 0.906. The second kappa shape index (κ2) is 4.89. The first-order valence-electron chi connectivity index (χ1n) is 4.58. The number of anilines is 1. The monoisotopic (exact) mass is 317 g/mol. The molecule has 1 amide bonds. The van der Waals surface area contributed by atoms with E-state index in [4.69, 9.17) is 16.0 Å². The summed E-state index contributed by atoms with van der Waals surface area (Å²) in [6.07, 6.45) is 0. The van der Waals surface area contributed by atoms with Gasteiger partial charge >= 0.3 is 0 Å². The maximum absolute atomic E-state index is 13.0. The molecule has 0 atom stereocenters. The van der Waals surface area contributed by atoms with Crippen LogP contribution in [-0.2, 0) is 0 Å². The molecule has 0 aliphatic carbocycles. The summed E-state index contributed by atoms with van der Waals surface area (Å²) in [5, 5.41) is 2.62. The molecule has 1 aromatic carbocycles. The number of hydrogen-bond acceptors (Lipinski definition) is 2. The fraction of sp³-hybridized carbons (Fsp3) is 0. The lowest BCUT2D eigenvalue weighted by atomic mass is 10.3. The number of amides is 1. The molecule has 0 spiro atoms. The van der Waals surface area contributed by atoms with Gasteiger partial charge in [-0.25, -0.2) is 4.39 Å². The molecule has 0 bridgehead atoms. The third kappa shape index (κ3) is 2.87. The van der Waals surface area contributed by atoms with Crippen LogP contribution in [0, 0.1) is 5.82 Å². The summed E-state index contributed by atoms with van der Waals surface area (Å²) in [6.45, 7) is 0. The van der Waals surface area contributed by atoms with Gasteiger partial charge in [0.2, 0.25) is 0 Å². The Hall–Kier alpha value is -1.33. The fourth-order valence-corrected chi connectivity index (χ4v) is 1.71. The Bertz CT molecular complexity index is 570. The van der Waals surface area contributed by atoms with Gasteiger partial charge in [0.1, 0.15) is 5.82 Å². The van der Waals surface area contributed by atoms with Crippen molar-refractivity contribution in [3.05, 3.63) is 51.6 Å². The molecule has 0 saturated carbocycles. The van der Waals surface area contributed by atoms with Crippen molar-refractivity contribution < 1.29 is 13.6 Å². The third-order valence-electron chi connectivity index (χ3n) is 1.97. The van der Waals surface area contributed by atoms with Crippen LogP contribution in [0.2, 0.25) is 5.22 Å². The molecule has 1 heterocycles. The summed E-state index contributed by atoms with van der Waals surface area (Å²) in [6, 6.07) is 6.87. The number of halogens is 3. The van der Waals surface area contributed by atoms with Gasteiger partial charge in [-0.2, -0.15) is 0 Å². The van der Waals surface area contributed by atoms with Gasteiger partial charge in [0.25, 0.3) is 5.91 Å². The molecule has 88 valence electrons. The molecule has 0 saturated heterocycles. The van der Waals surface area contributed by atoms with Crippen LogP contribution in [0.3, 0.4) is 0 Å². The van der Waals surface area contributed by atoms with E-state index in [1.807, 2.05) is 0 Å². The highest BCUT2D eigenvalue weighted by Crippen LogP contribution is 2.24. The summed E-state index contributed by atoms with van der Waals surface area (Å²) < 4.78 is 18.5. The fourth-order valence-electron chi connectivity index (χ4n) is 1.21. The largest absolute Gasteiger partial charge is 0.440 e. The lowest BCUT2D eigenvalue weighted by molar-refractivity contribution is 0.0996. The van der Waals surface area contributed by atoms with E-state index >= 15 is 0 Å². The topological polar surface area (TPSA) is 42.2 Å². The van der Waals surface area contributed by atoms with Crippen LogP contribution in [0.5, 0.6) is 0 Å². The van der Waals surface area contributed by atoms with E-state index in [1.54, 1.807) is 0 Å². The molecule has 6 heteroatoms. The van der Waals surface area contributed by atoms with E-state index in [0.717, 1.165) is 0 Å². The number of rotatable bonds is 2. The van der Waals surface area contributed by atoms with E-state index < -0.39 is 11.7 Å². The van der Waals surface area contributed by atoms with Gasteiger partial charge in [-0.05, 0) is 57.9 Å². The minimum Gasteiger partial charge on any atom is -0.440 e. The number of carbonyl (C=O) groups excluding carboxylic acids is 1. The van der Waals surface area contributed by atoms with Gasteiger partial charge in [-0.3, -0.25) is 4.79 Å². The lowest BCUT2D eigenvalue weighted by Gasteiger charge is -2.05. The Balaban J connectivity index is 2.21. The third-order valence-corrected chi connectivity index (χ3v) is 2.87. The van der Waals surface area contributed by atoms with E-state index in [0.29, 0.717) is 10.2 Å². The first-order valence-corrected chi connectivity index (χ1v) is 5.75. The molecule has 0 aliphatic heterocycles. The van der Waals surface area contributed by atoms with Gasteiger partial charge < -0.3 is 9.73 Å². The normalized spacial score (nSPS) is 10.3. The van der Waals surface area contributed by atoms with Crippen molar-refractivity contribution in [2.24, 2.45) is 0 Å². The predicted molar refractivity (Wildman–Crippen MR) is 65.8 cm³/mol. The lowest BCUT2D eigenvalue weighted by Crippen LogP contribution is -2.11.